The van der Waals surface area contributed by atoms with E-state index in [0.717, 1.165) is 5.39 Å². The topological polar surface area (TPSA) is 162 Å². The molecule has 7 rings (SSSR count). The molecule has 7 aromatic rings. The van der Waals surface area contributed by atoms with Crippen LogP contribution in [0.15, 0.2) is 67.0 Å². The average molecular weight is 931 g/mol. The van der Waals surface area contributed by atoms with Crippen LogP contribution in [0.25, 0.3) is 44.1 Å². The van der Waals surface area contributed by atoms with Gasteiger partial charge in [0.25, 0.3) is 5.69 Å². The first-order chi connectivity index (χ1) is 28.8. The monoisotopic (exact) mass is 928 g/mol. The smallest absolute Gasteiger partial charge is 0.293 e. The minimum absolute atomic E-state index is 0. The Hall–Kier alpha value is -5.77. The third-order valence-corrected chi connectivity index (χ3v) is 10.8. The molecule has 0 fully saturated rings. The molecule has 0 amide bonds. The molecule has 0 aliphatic carbocycles. The third kappa shape index (κ3) is 9.28. The second kappa shape index (κ2) is 19.7. The predicted octanol–water partition coefficient (Wildman–Crippen LogP) is 12.5. The van der Waals surface area contributed by atoms with Crippen LogP contribution in [0.3, 0.4) is 0 Å². The second-order valence-corrected chi connectivity index (χ2v) is 14.3. The highest BCUT2D eigenvalue weighted by atomic mass is 35.5. The summed E-state index contributed by atoms with van der Waals surface area (Å²) < 4.78 is 32.5. The first-order valence-corrected chi connectivity index (χ1v) is 19.2. The molecule has 14 nitrogen and oxygen atoms in total. The highest BCUT2D eigenvalue weighted by Gasteiger charge is 2.24. The van der Waals surface area contributed by atoms with Gasteiger partial charge in [-0.15, -0.1) is 0 Å². The van der Waals surface area contributed by atoms with Gasteiger partial charge >= 0.3 is 0 Å². The number of anilines is 2. The fourth-order valence-corrected chi connectivity index (χ4v) is 7.76. The number of fused-ring (bicyclic) bond motifs is 2. The van der Waals surface area contributed by atoms with E-state index in [2.05, 4.69) is 25.3 Å². The molecule has 0 unspecified atom stereocenters. The lowest BCUT2D eigenvalue weighted by atomic mass is 10.0. The number of rotatable bonds is 11. The van der Waals surface area contributed by atoms with E-state index in [0.29, 0.717) is 105 Å². The van der Waals surface area contributed by atoms with Crippen molar-refractivity contribution in [3.63, 3.8) is 0 Å². The number of aryl methyl sites for hydroxylation is 1. The van der Waals surface area contributed by atoms with Crippen LogP contribution >= 0.6 is 58.0 Å². The number of hydrogen-bond donors (Lipinski definition) is 1. The number of benzene rings is 5. The molecule has 0 atom stereocenters. The van der Waals surface area contributed by atoms with Crippen LogP contribution in [-0.2, 0) is 0 Å². The number of para-hydroxylation sites is 1. The van der Waals surface area contributed by atoms with Crippen LogP contribution in [0.4, 0.5) is 17.3 Å². The van der Waals surface area contributed by atoms with Crippen LogP contribution in [0.1, 0.15) is 13.0 Å². The number of ether oxygens (including phenoxy) is 6. The van der Waals surface area contributed by atoms with Gasteiger partial charge in [-0.3, -0.25) is 10.1 Å². The molecule has 0 radical (unpaired) electrons. The summed E-state index contributed by atoms with van der Waals surface area (Å²) in [5.41, 5.74) is 4.38. The normalized spacial score (nSPS) is 10.6. The Morgan fingerprint density at radius 2 is 1.02 bits per heavy atom. The number of nitro benzene ring substituents is 1. The molecule has 61 heavy (non-hydrogen) atoms. The van der Waals surface area contributed by atoms with E-state index >= 15 is 0 Å². The summed E-state index contributed by atoms with van der Waals surface area (Å²) in [7, 11) is 9.10. The van der Waals surface area contributed by atoms with Crippen LogP contribution in [0.2, 0.25) is 25.4 Å². The fraction of sp³-hybridized carbons (Fsp3) is 0.190. The van der Waals surface area contributed by atoms with E-state index in [1.807, 2.05) is 6.07 Å². The summed E-state index contributed by atoms with van der Waals surface area (Å²) in [6, 6.07) is 15.1. The van der Waals surface area contributed by atoms with Gasteiger partial charge in [-0.1, -0.05) is 66.0 Å². The first-order valence-electron chi connectivity index (χ1n) is 17.4. The van der Waals surface area contributed by atoms with Gasteiger partial charge in [0.2, 0.25) is 11.2 Å². The molecule has 2 aromatic heterocycles. The maximum absolute atomic E-state index is 11.4. The molecule has 0 aliphatic rings. The zero-order valence-electron chi connectivity index (χ0n) is 32.7. The van der Waals surface area contributed by atoms with E-state index in [4.69, 9.17) is 86.4 Å². The van der Waals surface area contributed by atoms with E-state index in [9.17, 15) is 10.1 Å². The van der Waals surface area contributed by atoms with Gasteiger partial charge in [-0.05, 0) is 36.2 Å². The molecule has 1 N–H and O–H groups in total. The van der Waals surface area contributed by atoms with Crippen LogP contribution in [0.5, 0.6) is 34.5 Å². The summed E-state index contributed by atoms with van der Waals surface area (Å²) in [4.78, 5) is 28.1. The molecule has 0 bridgehead atoms. The molecule has 0 saturated carbocycles. The van der Waals surface area contributed by atoms with Gasteiger partial charge in [0.15, 0.2) is 0 Å². The summed E-state index contributed by atoms with van der Waals surface area (Å²) in [6.07, 6.45) is 3.21. The van der Waals surface area contributed by atoms with Gasteiger partial charge in [0.05, 0.1) is 78.7 Å². The molecule has 0 aliphatic heterocycles. The molecule has 318 valence electrons. The van der Waals surface area contributed by atoms with Crippen molar-refractivity contribution in [2.45, 2.75) is 14.4 Å². The minimum atomic E-state index is -0.457. The molecule has 2 heterocycles. The SMILES string of the molecule is C.COc1cc2nc(Cl)ncc2cc1-c1c(Cl)c(OC)cc(OC)c1Cl.COc1cc2nc(Nc3c(C)cccc3[N+](=O)[O-])ncc2cc1-c1c(Cl)c(OC)cc(OC)c1Cl. The predicted molar refractivity (Wildman–Crippen MR) is 242 cm³/mol. The van der Waals surface area contributed by atoms with Crippen molar-refractivity contribution < 1.29 is 33.3 Å². The standard InChI is InChI=1S/C24H20Cl2N4O5.C17H13Cl3N2O3.CH4/c1-12-6-5-7-16(30(31)32)23(12)29-24-27-11-13-8-14(17(33-2)9-15(13)28-24)20-21(25)18(34-3)10-19(35-4)22(20)26;1-23-11-5-10-8(7-21-17(20)22-10)4-9(11)14-15(18)12(24-2)6-13(25-3)16(14)19;/h5-11H,1-4H3,(H,27,28,29);4-7H,1-3H3;1H4. The van der Waals surface area contributed by atoms with Crippen LogP contribution < -0.4 is 33.7 Å². The zero-order valence-corrected chi connectivity index (χ0v) is 36.5. The van der Waals surface area contributed by atoms with Crippen molar-refractivity contribution in [1.82, 2.24) is 19.9 Å². The Morgan fingerprint density at radius 1 is 0.590 bits per heavy atom. The average Bonchev–Trinajstić information content (AvgIpc) is 3.24. The van der Waals surface area contributed by atoms with E-state index in [1.54, 1.807) is 68.9 Å². The quantitative estimate of drug-likeness (QED) is 0.0741. The number of nitrogens with zero attached hydrogens (tertiary/aromatic N) is 5. The molecular weight excluding hydrogens is 894 g/mol. The van der Waals surface area contributed by atoms with Gasteiger partial charge in [0.1, 0.15) is 40.2 Å². The Bertz CT molecular complexity index is 2740. The van der Waals surface area contributed by atoms with Crippen LogP contribution in [0, 0.1) is 17.0 Å². The Morgan fingerprint density at radius 3 is 1.44 bits per heavy atom. The first kappa shape index (κ1) is 46.3. The van der Waals surface area contributed by atoms with Crippen molar-refractivity contribution in [1.29, 1.82) is 0 Å². The van der Waals surface area contributed by atoms with Crippen LogP contribution in [-0.4, -0.2) is 67.5 Å². The number of halogens is 5. The Kier molecular flexibility index (Phi) is 15.0. The van der Waals surface area contributed by atoms with Crippen molar-refractivity contribution in [2.24, 2.45) is 0 Å². The zero-order chi connectivity index (χ0) is 43.4. The Balaban J connectivity index is 0.000000240. The highest BCUT2D eigenvalue weighted by molar-refractivity contribution is 6.42. The van der Waals surface area contributed by atoms with E-state index in [-0.39, 0.29) is 24.3 Å². The molecule has 5 aromatic carbocycles. The van der Waals surface area contributed by atoms with Crippen molar-refractivity contribution in [2.75, 3.05) is 48.0 Å². The maximum Gasteiger partial charge on any atom is 0.293 e. The van der Waals surface area contributed by atoms with E-state index < -0.39 is 4.92 Å². The largest absolute Gasteiger partial charge is 0.496 e. The molecule has 0 spiro atoms. The number of aromatic nitrogens is 4. The minimum Gasteiger partial charge on any atom is -0.496 e. The maximum atomic E-state index is 11.4. The number of nitro groups is 1. The lowest BCUT2D eigenvalue weighted by Crippen LogP contribution is -2.03. The fourth-order valence-electron chi connectivity index (χ4n) is 6.21. The molecule has 19 heteroatoms. The molecular formula is C42H37Cl5N6O8. The summed E-state index contributed by atoms with van der Waals surface area (Å²) in [5, 5.41) is 17.3. The molecule has 0 saturated heterocycles. The lowest BCUT2D eigenvalue weighted by Gasteiger charge is -2.17. The van der Waals surface area contributed by atoms with Crippen molar-refractivity contribution in [3.8, 4) is 56.8 Å². The van der Waals surface area contributed by atoms with Gasteiger partial charge in [-0.2, -0.15) is 0 Å². The van der Waals surface area contributed by atoms with Crippen molar-refractivity contribution >= 4 is 97.1 Å². The number of methoxy groups -OCH3 is 6. The van der Waals surface area contributed by atoms with E-state index in [1.165, 1.54) is 41.6 Å². The van der Waals surface area contributed by atoms with Crippen molar-refractivity contribution in [3.05, 3.63) is 108 Å². The Labute approximate surface area is 375 Å². The number of nitrogens with one attached hydrogen (secondary N) is 1. The highest BCUT2D eigenvalue weighted by Crippen LogP contribution is 2.50. The summed E-state index contributed by atoms with van der Waals surface area (Å²) >= 11 is 32.1. The van der Waals surface area contributed by atoms with Gasteiger partial charge in [0, 0.05) is 75.8 Å². The van der Waals surface area contributed by atoms with Gasteiger partial charge in [-0.25, -0.2) is 19.9 Å². The summed E-state index contributed by atoms with van der Waals surface area (Å²) in [5.74, 6) is 2.83. The number of hydrogen-bond acceptors (Lipinski definition) is 13. The third-order valence-electron chi connectivity index (χ3n) is 9.14. The lowest BCUT2D eigenvalue weighted by molar-refractivity contribution is -0.384. The second-order valence-electron chi connectivity index (χ2n) is 12.5. The van der Waals surface area contributed by atoms with Gasteiger partial charge < -0.3 is 33.7 Å². The summed E-state index contributed by atoms with van der Waals surface area (Å²) in [6.45, 7) is 1.77.